The fourth-order valence-corrected chi connectivity index (χ4v) is 3.46. The summed E-state index contributed by atoms with van der Waals surface area (Å²) in [5.74, 6) is 1.20. The highest BCUT2D eigenvalue weighted by Gasteiger charge is 2.14. The summed E-state index contributed by atoms with van der Waals surface area (Å²) >= 11 is 3.56. The Balaban J connectivity index is 1.48. The van der Waals surface area contributed by atoms with Crippen LogP contribution in [0.25, 0.3) is 22.2 Å². The molecule has 1 heterocycles. The lowest BCUT2D eigenvalue weighted by Crippen LogP contribution is -2.20. The first kappa shape index (κ1) is 18.2. The maximum Gasteiger partial charge on any atom is 0.262 e. The number of benzene rings is 3. The Hall–Kier alpha value is -3.19. The van der Waals surface area contributed by atoms with Gasteiger partial charge in [0.1, 0.15) is 5.75 Å². The van der Waals surface area contributed by atoms with Gasteiger partial charge in [0.2, 0.25) is 11.7 Å². The minimum atomic E-state index is -0.285. The van der Waals surface area contributed by atoms with E-state index in [1.807, 2.05) is 54.6 Å². The first-order valence-corrected chi connectivity index (χ1v) is 9.41. The number of nitrogens with zero attached hydrogens (tertiary/aromatic N) is 2. The smallest absolute Gasteiger partial charge is 0.262 e. The van der Waals surface area contributed by atoms with Gasteiger partial charge in [0, 0.05) is 12.5 Å². The largest absolute Gasteiger partial charge is 0.483 e. The topological polar surface area (TPSA) is 77.2 Å². The molecule has 0 atom stereocenters. The molecule has 0 radical (unpaired) electrons. The third-order valence-electron chi connectivity index (χ3n) is 4.16. The lowest BCUT2D eigenvalue weighted by molar-refractivity contribution is -0.118. The summed E-state index contributed by atoms with van der Waals surface area (Å²) in [6.45, 7) is 1.59. The van der Waals surface area contributed by atoms with Gasteiger partial charge in [-0.3, -0.25) is 4.79 Å². The summed E-state index contributed by atoms with van der Waals surface area (Å²) in [5, 5.41) is 8.88. The van der Waals surface area contributed by atoms with Crippen molar-refractivity contribution in [2.75, 3.05) is 11.9 Å². The Morgan fingerprint density at radius 3 is 2.71 bits per heavy atom. The van der Waals surface area contributed by atoms with Crippen molar-refractivity contribution < 1.29 is 14.1 Å². The second-order valence-electron chi connectivity index (χ2n) is 6.12. The van der Waals surface area contributed by atoms with Crippen LogP contribution in [0, 0.1) is 6.92 Å². The standard InChI is InChI=1S/C21H16BrN3O3/c1-13-23-21(25-28-13)16-8-4-5-9-17(16)24-19(26)12-27-18-11-10-14-6-2-3-7-15(14)20(18)22/h2-11H,12H2,1H3,(H,24,26). The van der Waals surface area contributed by atoms with Crippen molar-refractivity contribution in [3.8, 4) is 17.1 Å². The summed E-state index contributed by atoms with van der Waals surface area (Å²) in [7, 11) is 0. The van der Waals surface area contributed by atoms with E-state index in [1.165, 1.54) is 0 Å². The van der Waals surface area contributed by atoms with Gasteiger partial charge in [-0.2, -0.15) is 4.98 Å². The quantitative estimate of drug-likeness (QED) is 0.476. The normalized spacial score (nSPS) is 10.8. The van der Waals surface area contributed by atoms with Gasteiger partial charge in [-0.05, 0) is 44.9 Å². The molecule has 0 bridgehead atoms. The van der Waals surface area contributed by atoms with Crippen molar-refractivity contribution in [2.24, 2.45) is 0 Å². The van der Waals surface area contributed by atoms with Crippen molar-refractivity contribution in [1.82, 2.24) is 10.1 Å². The zero-order valence-electron chi connectivity index (χ0n) is 15.0. The molecule has 0 aliphatic carbocycles. The summed E-state index contributed by atoms with van der Waals surface area (Å²) in [6, 6.07) is 19.0. The highest BCUT2D eigenvalue weighted by molar-refractivity contribution is 9.10. The molecule has 0 spiro atoms. The molecule has 0 unspecified atom stereocenters. The van der Waals surface area contributed by atoms with Crippen LogP contribution in [-0.2, 0) is 4.79 Å². The first-order chi connectivity index (χ1) is 13.6. The van der Waals surface area contributed by atoms with E-state index in [0.717, 1.165) is 15.2 Å². The molecule has 3 aromatic carbocycles. The van der Waals surface area contributed by atoms with Crippen LogP contribution in [0.15, 0.2) is 69.7 Å². The number of ether oxygens (including phenoxy) is 1. The number of carbonyl (C=O) groups is 1. The van der Waals surface area contributed by atoms with E-state index >= 15 is 0 Å². The molecular formula is C21H16BrN3O3. The van der Waals surface area contributed by atoms with Gasteiger partial charge in [0.15, 0.2) is 6.61 Å². The van der Waals surface area contributed by atoms with Gasteiger partial charge in [0.05, 0.1) is 10.2 Å². The molecule has 4 rings (SSSR count). The number of carbonyl (C=O) groups excluding carboxylic acids is 1. The maximum absolute atomic E-state index is 12.4. The predicted molar refractivity (Wildman–Crippen MR) is 110 cm³/mol. The number of para-hydroxylation sites is 1. The van der Waals surface area contributed by atoms with Crippen molar-refractivity contribution in [1.29, 1.82) is 0 Å². The van der Waals surface area contributed by atoms with Crippen LogP contribution in [0.4, 0.5) is 5.69 Å². The number of rotatable bonds is 5. The Labute approximate surface area is 169 Å². The Morgan fingerprint density at radius 1 is 1.11 bits per heavy atom. The molecule has 0 saturated carbocycles. The average molecular weight is 438 g/mol. The molecule has 4 aromatic rings. The third kappa shape index (κ3) is 3.75. The molecule has 0 fully saturated rings. The summed E-state index contributed by atoms with van der Waals surface area (Å²) < 4.78 is 11.6. The highest BCUT2D eigenvalue weighted by atomic mass is 79.9. The maximum atomic E-state index is 12.4. The molecule has 6 nitrogen and oxygen atoms in total. The monoisotopic (exact) mass is 437 g/mol. The molecule has 28 heavy (non-hydrogen) atoms. The van der Waals surface area contributed by atoms with Gasteiger partial charge in [-0.1, -0.05) is 47.6 Å². The van der Waals surface area contributed by atoms with Gasteiger partial charge in [-0.15, -0.1) is 0 Å². The Kier molecular flexibility index (Phi) is 5.08. The SMILES string of the molecule is Cc1nc(-c2ccccc2NC(=O)COc2ccc3ccccc3c2Br)no1. The zero-order valence-corrected chi connectivity index (χ0v) is 16.6. The lowest BCUT2D eigenvalue weighted by atomic mass is 10.1. The van der Waals surface area contributed by atoms with Crippen LogP contribution in [0.5, 0.6) is 5.75 Å². The Morgan fingerprint density at radius 2 is 1.89 bits per heavy atom. The van der Waals surface area contributed by atoms with Crippen LogP contribution in [-0.4, -0.2) is 22.7 Å². The van der Waals surface area contributed by atoms with Crippen molar-refractivity contribution in [3.63, 3.8) is 0 Å². The van der Waals surface area contributed by atoms with Crippen molar-refractivity contribution in [2.45, 2.75) is 6.92 Å². The minimum absolute atomic E-state index is 0.128. The molecule has 1 N–H and O–H groups in total. The summed E-state index contributed by atoms with van der Waals surface area (Å²) in [5.41, 5.74) is 1.27. The van der Waals surface area contributed by atoms with Crippen LogP contribution in [0.2, 0.25) is 0 Å². The van der Waals surface area contributed by atoms with E-state index in [-0.39, 0.29) is 12.5 Å². The van der Waals surface area contributed by atoms with Crippen molar-refractivity contribution in [3.05, 3.63) is 71.0 Å². The third-order valence-corrected chi connectivity index (χ3v) is 4.97. The second-order valence-corrected chi connectivity index (χ2v) is 6.91. The number of amides is 1. The molecule has 0 saturated heterocycles. The fraction of sp³-hybridized carbons (Fsp3) is 0.0952. The minimum Gasteiger partial charge on any atom is -0.483 e. The summed E-state index contributed by atoms with van der Waals surface area (Å²) in [4.78, 5) is 16.7. The highest BCUT2D eigenvalue weighted by Crippen LogP contribution is 2.33. The number of halogens is 1. The van der Waals surface area contributed by atoms with E-state index < -0.39 is 0 Å². The average Bonchev–Trinajstić information content (AvgIpc) is 3.14. The number of hydrogen-bond acceptors (Lipinski definition) is 5. The molecule has 0 aliphatic heterocycles. The van der Waals surface area contributed by atoms with Gasteiger partial charge in [0.25, 0.3) is 5.91 Å². The van der Waals surface area contributed by atoms with Crippen LogP contribution < -0.4 is 10.1 Å². The fourth-order valence-electron chi connectivity index (χ4n) is 2.85. The van der Waals surface area contributed by atoms with Gasteiger partial charge < -0.3 is 14.6 Å². The lowest BCUT2D eigenvalue weighted by Gasteiger charge is -2.12. The number of fused-ring (bicyclic) bond motifs is 1. The Bertz CT molecular complexity index is 1160. The first-order valence-electron chi connectivity index (χ1n) is 8.61. The molecule has 1 aromatic heterocycles. The number of aryl methyl sites for hydroxylation is 1. The molecule has 140 valence electrons. The zero-order chi connectivity index (χ0) is 19.5. The predicted octanol–water partition coefficient (Wildman–Crippen LogP) is 4.98. The molecular weight excluding hydrogens is 422 g/mol. The molecule has 1 amide bonds. The van der Waals surface area contributed by atoms with E-state index in [4.69, 9.17) is 9.26 Å². The van der Waals surface area contributed by atoms with E-state index in [0.29, 0.717) is 28.7 Å². The molecule has 7 heteroatoms. The van der Waals surface area contributed by atoms with E-state index in [2.05, 4.69) is 31.4 Å². The van der Waals surface area contributed by atoms with Crippen LogP contribution >= 0.6 is 15.9 Å². The second kappa shape index (κ2) is 7.82. The number of aromatic nitrogens is 2. The van der Waals surface area contributed by atoms with Crippen molar-refractivity contribution >= 4 is 38.3 Å². The van der Waals surface area contributed by atoms with E-state index in [1.54, 1.807) is 13.0 Å². The van der Waals surface area contributed by atoms with E-state index in [9.17, 15) is 4.79 Å². The summed E-state index contributed by atoms with van der Waals surface area (Å²) in [6.07, 6.45) is 0. The molecule has 0 aliphatic rings. The van der Waals surface area contributed by atoms with Gasteiger partial charge in [-0.25, -0.2) is 0 Å². The van der Waals surface area contributed by atoms with Crippen LogP contribution in [0.1, 0.15) is 5.89 Å². The number of hydrogen-bond donors (Lipinski definition) is 1. The van der Waals surface area contributed by atoms with Crippen LogP contribution in [0.3, 0.4) is 0 Å². The number of anilines is 1. The number of nitrogens with one attached hydrogen (secondary N) is 1. The van der Waals surface area contributed by atoms with Gasteiger partial charge >= 0.3 is 0 Å².